The summed E-state index contributed by atoms with van der Waals surface area (Å²) in [5, 5.41) is 11.1. The molecule has 0 bridgehead atoms. The number of hydrogen-bond acceptors (Lipinski definition) is 6. The zero-order valence-corrected chi connectivity index (χ0v) is 14.3. The molecule has 2 rings (SSSR count). The highest BCUT2D eigenvalue weighted by Gasteiger charge is 2.52. The summed E-state index contributed by atoms with van der Waals surface area (Å²) in [5.74, 6) is -0.706. The number of carbonyl (C=O) groups excluding carboxylic acids is 1. The second kappa shape index (κ2) is 5.77. The zero-order valence-electron chi connectivity index (χ0n) is 13.5. The van der Waals surface area contributed by atoms with E-state index in [2.05, 4.69) is 4.74 Å². The number of benzene rings is 1. The number of hydrogen-bond donors (Lipinski definition) is 0. The van der Waals surface area contributed by atoms with Crippen molar-refractivity contribution in [1.29, 1.82) is 0 Å². The van der Waals surface area contributed by atoms with Crippen LogP contribution in [0.4, 0.5) is 5.69 Å². The molecule has 1 aromatic rings. The minimum Gasteiger partial charge on any atom is -0.465 e. The molecule has 0 saturated carbocycles. The van der Waals surface area contributed by atoms with E-state index >= 15 is 0 Å². The average Bonchev–Trinajstić information content (AvgIpc) is 2.66. The van der Waals surface area contributed by atoms with Gasteiger partial charge in [0.05, 0.1) is 28.8 Å². The Labute approximate surface area is 139 Å². The largest absolute Gasteiger partial charge is 0.496 e. The number of halogens is 1. The van der Waals surface area contributed by atoms with Gasteiger partial charge in [0.25, 0.3) is 5.69 Å². The van der Waals surface area contributed by atoms with Crippen molar-refractivity contribution in [2.24, 2.45) is 0 Å². The molecule has 1 aliphatic heterocycles. The molecule has 0 aromatic heterocycles. The van der Waals surface area contributed by atoms with Crippen LogP contribution in [0.2, 0.25) is 5.02 Å². The van der Waals surface area contributed by atoms with Gasteiger partial charge >= 0.3 is 13.1 Å². The molecule has 1 heterocycles. The molecule has 1 aliphatic rings. The first-order valence-electron chi connectivity index (χ1n) is 6.92. The van der Waals surface area contributed by atoms with Crippen molar-refractivity contribution in [3.63, 3.8) is 0 Å². The maximum Gasteiger partial charge on any atom is 0.496 e. The Morgan fingerprint density at radius 3 is 2.22 bits per heavy atom. The lowest BCUT2D eigenvalue weighted by Gasteiger charge is -2.32. The number of nitro benzene ring substituents is 1. The first-order valence-corrected chi connectivity index (χ1v) is 7.30. The fraction of sp³-hybridized carbons (Fsp3) is 0.500. The van der Waals surface area contributed by atoms with E-state index in [1.807, 2.05) is 27.7 Å². The molecule has 0 radical (unpaired) electrons. The van der Waals surface area contributed by atoms with Crippen molar-refractivity contribution in [2.45, 2.75) is 38.9 Å². The van der Waals surface area contributed by atoms with E-state index in [9.17, 15) is 14.9 Å². The van der Waals surface area contributed by atoms with Gasteiger partial charge in [-0.15, -0.1) is 0 Å². The third kappa shape index (κ3) is 3.06. The van der Waals surface area contributed by atoms with Crippen LogP contribution in [-0.4, -0.2) is 36.3 Å². The average molecular weight is 342 g/mol. The fourth-order valence-electron chi connectivity index (χ4n) is 2.14. The van der Waals surface area contributed by atoms with Crippen molar-refractivity contribution in [2.75, 3.05) is 7.11 Å². The van der Waals surface area contributed by atoms with Crippen LogP contribution in [0.5, 0.6) is 0 Å². The Kier molecular flexibility index (Phi) is 4.45. The standard InChI is InChI=1S/C14H17BClNO6/c1-13(2)14(3,4)23-15(22-13)9-6-8(12(18)21-5)7-10(11(9)16)17(19)20/h6-7H,1-5H3. The maximum absolute atomic E-state index is 11.8. The first-order chi connectivity index (χ1) is 10.5. The van der Waals surface area contributed by atoms with Crippen molar-refractivity contribution < 1.29 is 23.8 Å². The van der Waals surface area contributed by atoms with Crippen LogP contribution in [0.1, 0.15) is 38.1 Å². The lowest BCUT2D eigenvalue weighted by Crippen LogP contribution is -2.41. The molecule has 9 heteroatoms. The van der Waals surface area contributed by atoms with Gasteiger partial charge in [-0.25, -0.2) is 4.79 Å². The molecule has 0 N–H and O–H groups in total. The highest BCUT2D eigenvalue weighted by molar-refractivity contribution is 6.66. The molecule has 1 fully saturated rings. The number of methoxy groups -OCH3 is 1. The Bertz CT molecular complexity index is 659. The van der Waals surface area contributed by atoms with Gasteiger partial charge in [0.2, 0.25) is 0 Å². The minimum absolute atomic E-state index is 0.00770. The van der Waals surface area contributed by atoms with Crippen molar-refractivity contribution in [1.82, 2.24) is 0 Å². The van der Waals surface area contributed by atoms with Crippen molar-refractivity contribution in [3.05, 3.63) is 32.8 Å². The number of nitrogens with zero attached hydrogens (tertiary/aromatic N) is 1. The van der Waals surface area contributed by atoms with Crippen LogP contribution in [0.3, 0.4) is 0 Å². The van der Waals surface area contributed by atoms with Crippen LogP contribution in [0.15, 0.2) is 12.1 Å². The second-order valence-electron chi connectivity index (χ2n) is 6.24. The minimum atomic E-state index is -0.921. The SMILES string of the molecule is COC(=O)c1cc(B2OC(C)(C)C(C)(C)O2)c(Cl)c([N+](=O)[O-])c1. The van der Waals surface area contributed by atoms with Crippen molar-refractivity contribution >= 4 is 35.8 Å². The van der Waals surface area contributed by atoms with Crippen LogP contribution < -0.4 is 5.46 Å². The third-order valence-electron chi connectivity index (χ3n) is 4.21. The van der Waals surface area contributed by atoms with Crippen LogP contribution >= 0.6 is 11.6 Å². The molecule has 0 amide bonds. The summed E-state index contributed by atoms with van der Waals surface area (Å²) < 4.78 is 16.3. The molecule has 0 aliphatic carbocycles. The topological polar surface area (TPSA) is 87.9 Å². The quantitative estimate of drug-likeness (QED) is 0.363. The van der Waals surface area contributed by atoms with Gasteiger partial charge in [-0.1, -0.05) is 11.6 Å². The van der Waals surface area contributed by atoms with E-state index in [1.54, 1.807) is 0 Å². The Hall–Kier alpha value is -1.64. The molecule has 23 heavy (non-hydrogen) atoms. The number of nitro groups is 1. The van der Waals surface area contributed by atoms with E-state index in [-0.39, 0.29) is 16.0 Å². The molecule has 1 aromatic carbocycles. The number of ether oxygens (including phenoxy) is 1. The Morgan fingerprint density at radius 1 is 1.26 bits per heavy atom. The molecular weight excluding hydrogens is 324 g/mol. The highest BCUT2D eigenvalue weighted by Crippen LogP contribution is 2.38. The third-order valence-corrected chi connectivity index (χ3v) is 4.62. The molecule has 1 saturated heterocycles. The van der Waals surface area contributed by atoms with E-state index in [1.165, 1.54) is 13.2 Å². The summed E-state index contributed by atoms with van der Waals surface area (Å²) in [4.78, 5) is 22.3. The van der Waals surface area contributed by atoms with Gasteiger partial charge in [0, 0.05) is 11.5 Å². The highest BCUT2D eigenvalue weighted by atomic mass is 35.5. The smallest absolute Gasteiger partial charge is 0.465 e. The van der Waals surface area contributed by atoms with Gasteiger partial charge in [-0.2, -0.15) is 0 Å². The molecule has 124 valence electrons. The van der Waals surface area contributed by atoms with Gasteiger partial charge in [-0.05, 0) is 33.8 Å². The summed E-state index contributed by atoms with van der Waals surface area (Å²) in [7, 11) is 0.271. The summed E-state index contributed by atoms with van der Waals surface area (Å²) in [6.07, 6.45) is 0. The summed E-state index contributed by atoms with van der Waals surface area (Å²) in [6, 6.07) is 2.46. The predicted octanol–water partition coefficient (Wildman–Crippen LogP) is 2.33. The molecule has 0 spiro atoms. The zero-order chi connectivity index (χ0) is 17.6. The van der Waals surface area contributed by atoms with Gasteiger partial charge < -0.3 is 14.0 Å². The first kappa shape index (κ1) is 17.7. The van der Waals surface area contributed by atoms with Gasteiger partial charge in [-0.3, -0.25) is 10.1 Å². The summed E-state index contributed by atoms with van der Waals surface area (Å²) in [5.41, 5.74) is -1.46. The van der Waals surface area contributed by atoms with E-state index in [0.717, 1.165) is 6.07 Å². The van der Waals surface area contributed by atoms with Gasteiger partial charge in [0.15, 0.2) is 0 Å². The predicted molar refractivity (Wildman–Crippen MR) is 85.2 cm³/mol. The molecule has 0 atom stereocenters. The Balaban J connectivity index is 2.56. The maximum atomic E-state index is 11.8. The molecule has 0 unspecified atom stereocenters. The van der Waals surface area contributed by atoms with Crippen LogP contribution in [0.25, 0.3) is 0 Å². The van der Waals surface area contributed by atoms with Gasteiger partial charge in [0.1, 0.15) is 5.02 Å². The van der Waals surface area contributed by atoms with E-state index in [0.29, 0.717) is 0 Å². The summed E-state index contributed by atoms with van der Waals surface area (Å²) >= 11 is 6.14. The number of rotatable bonds is 3. The Morgan fingerprint density at radius 2 is 1.78 bits per heavy atom. The lowest BCUT2D eigenvalue weighted by molar-refractivity contribution is -0.384. The monoisotopic (exact) mass is 341 g/mol. The lowest BCUT2D eigenvalue weighted by atomic mass is 9.78. The number of carbonyl (C=O) groups is 1. The molecular formula is C14H17BClNO6. The van der Waals surface area contributed by atoms with E-state index < -0.39 is 34.9 Å². The summed E-state index contributed by atoms with van der Waals surface area (Å²) in [6.45, 7) is 7.39. The second-order valence-corrected chi connectivity index (χ2v) is 6.61. The number of esters is 1. The fourth-order valence-corrected chi connectivity index (χ4v) is 2.41. The normalized spacial score (nSPS) is 18.8. The van der Waals surface area contributed by atoms with Crippen LogP contribution in [-0.2, 0) is 14.0 Å². The van der Waals surface area contributed by atoms with Crippen LogP contribution in [0, 0.1) is 10.1 Å². The van der Waals surface area contributed by atoms with E-state index in [4.69, 9.17) is 20.9 Å². The van der Waals surface area contributed by atoms with Crippen molar-refractivity contribution in [3.8, 4) is 0 Å². The molecule has 7 nitrogen and oxygen atoms in total.